The normalized spacial score (nSPS) is 14.2. The Morgan fingerprint density at radius 2 is 1.55 bits per heavy atom. The van der Waals surface area contributed by atoms with Gasteiger partial charge in [0.05, 0.1) is 0 Å². The minimum absolute atomic E-state index is 0.0427. The lowest BCUT2D eigenvalue weighted by molar-refractivity contribution is -0.129. The highest BCUT2D eigenvalue weighted by Crippen LogP contribution is 2.27. The number of amides is 1. The monoisotopic (exact) mass is 276 g/mol. The number of nitrogens with one attached hydrogen (secondary N) is 1. The van der Waals surface area contributed by atoms with Gasteiger partial charge in [-0.2, -0.15) is 0 Å². The standard InChI is InChI=1S/C17H28N2O/c1-16(2,3)18-15(20)14(19(7)17(4,5)6)13-11-9-8-10-12-13/h8-12,14H,1-7H3,(H,18,20). The average molecular weight is 276 g/mol. The summed E-state index contributed by atoms with van der Waals surface area (Å²) in [6.45, 7) is 12.4. The molecule has 0 aliphatic carbocycles. The third-order valence-corrected chi connectivity index (χ3v) is 3.31. The minimum Gasteiger partial charge on any atom is -0.350 e. The van der Waals surface area contributed by atoms with Crippen molar-refractivity contribution in [1.29, 1.82) is 0 Å². The zero-order valence-corrected chi connectivity index (χ0v) is 13.8. The van der Waals surface area contributed by atoms with Crippen LogP contribution in [0.2, 0.25) is 0 Å². The van der Waals surface area contributed by atoms with Crippen LogP contribution in [0.3, 0.4) is 0 Å². The van der Waals surface area contributed by atoms with E-state index >= 15 is 0 Å². The molecule has 3 nitrogen and oxygen atoms in total. The smallest absolute Gasteiger partial charge is 0.242 e. The molecule has 0 saturated heterocycles. The van der Waals surface area contributed by atoms with Gasteiger partial charge < -0.3 is 5.32 Å². The van der Waals surface area contributed by atoms with Crippen LogP contribution in [-0.2, 0) is 4.79 Å². The number of rotatable bonds is 3. The molecule has 0 saturated carbocycles. The molecule has 1 atom stereocenters. The van der Waals surface area contributed by atoms with Crippen molar-refractivity contribution in [3.05, 3.63) is 35.9 Å². The van der Waals surface area contributed by atoms with Gasteiger partial charge in [0.25, 0.3) is 0 Å². The lowest BCUT2D eigenvalue weighted by atomic mass is 9.97. The van der Waals surface area contributed by atoms with Crippen molar-refractivity contribution in [3.8, 4) is 0 Å². The summed E-state index contributed by atoms with van der Waals surface area (Å²) in [5, 5.41) is 3.09. The highest BCUT2D eigenvalue weighted by Gasteiger charge is 2.33. The number of benzene rings is 1. The zero-order chi connectivity index (χ0) is 15.6. The second-order valence-corrected chi connectivity index (χ2v) is 7.33. The number of hydrogen-bond donors (Lipinski definition) is 1. The maximum absolute atomic E-state index is 12.7. The van der Waals surface area contributed by atoms with Gasteiger partial charge in [-0.25, -0.2) is 0 Å². The fraction of sp³-hybridized carbons (Fsp3) is 0.588. The molecule has 0 aromatic heterocycles. The van der Waals surface area contributed by atoms with Crippen LogP contribution in [0.1, 0.15) is 53.1 Å². The van der Waals surface area contributed by atoms with Crippen molar-refractivity contribution in [3.63, 3.8) is 0 Å². The van der Waals surface area contributed by atoms with E-state index in [0.29, 0.717) is 0 Å². The van der Waals surface area contributed by atoms with E-state index in [2.05, 4.69) is 31.0 Å². The van der Waals surface area contributed by atoms with Gasteiger partial charge in [0.15, 0.2) is 0 Å². The summed E-state index contributed by atoms with van der Waals surface area (Å²) in [6.07, 6.45) is 0. The second-order valence-electron chi connectivity index (χ2n) is 7.33. The fourth-order valence-electron chi connectivity index (χ4n) is 2.01. The number of hydrogen-bond acceptors (Lipinski definition) is 2. The molecular weight excluding hydrogens is 248 g/mol. The Labute approximate surface area is 123 Å². The van der Waals surface area contributed by atoms with Crippen molar-refractivity contribution >= 4 is 5.91 Å². The van der Waals surface area contributed by atoms with E-state index in [-0.39, 0.29) is 23.0 Å². The van der Waals surface area contributed by atoms with Crippen LogP contribution in [-0.4, -0.2) is 28.9 Å². The van der Waals surface area contributed by atoms with Crippen LogP contribution >= 0.6 is 0 Å². The lowest BCUT2D eigenvalue weighted by Gasteiger charge is -2.39. The van der Waals surface area contributed by atoms with Crippen LogP contribution in [0.25, 0.3) is 0 Å². The predicted octanol–water partition coefficient (Wildman–Crippen LogP) is 3.37. The van der Waals surface area contributed by atoms with Crippen LogP contribution in [0.15, 0.2) is 30.3 Å². The summed E-state index contributed by atoms with van der Waals surface area (Å²) in [6, 6.07) is 9.66. The van der Waals surface area contributed by atoms with Crippen molar-refractivity contribution in [1.82, 2.24) is 10.2 Å². The molecule has 0 spiro atoms. The Bertz CT molecular complexity index is 440. The van der Waals surface area contributed by atoms with Crippen molar-refractivity contribution in [2.24, 2.45) is 0 Å². The third-order valence-electron chi connectivity index (χ3n) is 3.31. The van der Waals surface area contributed by atoms with Crippen LogP contribution in [0.4, 0.5) is 0 Å². The van der Waals surface area contributed by atoms with Gasteiger partial charge in [-0.3, -0.25) is 9.69 Å². The highest BCUT2D eigenvalue weighted by molar-refractivity contribution is 5.83. The predicted molar refractivity (Wildman–Crippen MR) is 84.6 cm³/mol. The first-order chi connectivity index (χ1) is 9.02. The molecular formula is C17H28N2O. The minimum atomic E-state index is -0.282. The first-order valence-electron chi connectivity index (χ1n) is 7.12. The quantitative estimate of drug-likeness (QED) is 0.918. The van der Waals surface area contributed by atoms with Gasteiger partial charge in [-0.05, 0) is 54.2 Å². The molecule has 0 bridgehead atoms. The van der Waals surface area contributed by atoms with Gasteiger partial charge in [-0.1, -0.05) is 30.3 Å². The van der Waals surface area contributed by atoms with Gasteiger partial charge in [0.1, 0.15) is 6.04 Å². The van der Waals surface area contributed by atoms with E-state index in [1.165, 1.54) is 0 Å². The van der Waals surface area contributed by atoms with Crippen molar-refractivity contribution in [2.75, 3.05) is 7.05 Å². The number of nitrogens with zero attached hydrogens (tertiary/aromatic N) is 1. The Hall–Kier alpha value is -1.35. The van der Waals surface area contributed by atoms with Crippen molar-refractivity contribution < 1.29 is 4.79 Å². The molecule has 1 aromatic rings. The number of carbonyl (C=O) groups excluding carboxylic acids is 1. The van der Waals surface area contributed by atoms with E-state index in [1.54, 1.807) is 0 Å². The molecule has 0 radical (unpaired) electrons. The first kappa shape index (κ1) is 16.7. The van der Waals surface area contributed by atoms with Crippen LogP contribution in [0, 0.1) is 0 Å². The van der Waals surface area contributed by atoms with Gasteiger partial charge >= 0.3 is 0 Å². The van der Waals surface area contributed by atoms with Gasteiger partial charge in [-0.15, -0.1) is 0 Å². The molecule has 3 heteroatoms. The second kappa shape index (κ2) is 5.96. The maximum Gasteiger partial charge on any atom is 0.242 e. The van der Waals surface area contributed by atoms with Crippen LogP contribution < -0.4 is 5.32 Å². The Balaban J connectivity index is 3.12. The van der Waals surface area contributed by atoms with E-state index < -0.39 is 0 Å². The third kappa shape index (κ3) is 4.64. The molecule has 112 valence electrons. The topological polar surface area (TPSA) is 32.3 Å². The molecule has 1 amide bonds. The summed E-state index contributed by atoms with van der Waals surface area (Å²) in [4.78, 5) is 14.8. The first-order valence-corrected chi connectivity index (χ1v) is 7.12. The summed E-state index contributed by atoms with van der Waals surface area (Å²) >= 11 is 0. The summed E-state index contributed by atoms with van der Waals surface area (Å²) in [5.41, 5.74) is 0.699. The van der Waals surface area contributed by atoms with Gasteiger partial charge in [0, 0.05) is 11.1 Å². The highest BCUT2D eigenvalue weighted by atomic mass is 16.2. The lowest BCUT2D eigenvalue weighted by Crippen LogP contribution is -2.51. The largest absolute Gasteiger partial charge is 0.350 e. The van der Waals surface area contributed by atoms with E-state index in [1.807, 2.05) is 58.2 Å². The molecule has 20 heavy (non-hydrogen) atoms. The van der Waals surface area contributed by atoms with E-state index in [0.717, 1.165) is 5.56 Å². The Morgan fingerprint density at radius 1 is 1.05 bits per heavy atom. The summed E-state index contributed by atoms with van der Waals surface area (Å²) < 4.78 is 0. The molecule has 0 fully saturated rings. The molecule has 0 aliphatic heterocycles. The van der Waals surface area contributed by atoms with Crippen molar-refractivity contribution in [2.45, 2.75) is 58.7 Å². The fourth-order valence-corrected chi connectivity index (χ4v) is 2.01. The summed E-state index contributed by atoms with van der Waals surface area (Å²) in [5.74, 6) is 0.0427. The Kier molecular flexibility index (Phi) is 4.98. The SMILES string of the molecule is CN(C(C(=O)NC(C)(C)C)c1ccccc1)C(C)(C)C. The molecule has 0 heterocycles. The Morgan fingerprint density at radius 3 is 1.95 bits per heavy atom. The van der Waals surface area contributed by atoms with Crippen LogP contribution in [0.5, 0.6) is 0 Å². The van der Waals surface area contributed by atoms with E-state index in [4.69, 9.17) is 0 Å². The number of carbonyl (C=O) groups is 1. The van der Waals surface area contributed by atoms with Gasteiger partial charge in [0.2, 0.25) is 5.91 Å². The average Bonchev–Trinajstić information content (AvgIpc) is 2.26. The molecule has 0 aliphatic rings. The van der Waals surface area contributed by atoms with E-state index in [9.17, 15) is 4.79 Å². The number of likely N-dealkylation sites (N-methyl/N-ethyl adjacent to an activating group) is 1. The molecule has 1 N–H and O–H groups in total. The molecule has 1 aromatic carbocycles. The zero-order valence-electron chi connectivity index (χ0n) is 13.8. The molecule has 1 rings (SSSR count). The molecule has 1 unspecified atom stereocenters. The maximum atomic E-state index is 12.7. The summed E-state index contributed by atoms with van der Waals surface area (Å²) in [7, 11) is 2.00.